The van der Waals surface area contributed by atoms with Crippen molar-refractivity contribution >= 4 is 23.3 Å². The first kappa shape index (κ1) is 17.5. The van der Waals surface area contributed by atoms with E-state index in [1.54, 1.807) is 24.3 Å². The Labute approximate surface area is 148 Å². The Morgan fingerprint density at radius 2 is 2.08 bits per heavy atom. The average molecular weight is 368 g/mol. The second-order valence-corrected chi connectivity index (χ2v) is 6.36. The van der Waals surface area contributed by atoms with Crippen LogP contribution in [-0.4, -0.2) is 39.5 Å². The summed E-state index contributed by atoms with van der Waals surface area (Å²) in [7, 11) is 0. The number of nitrogens with zero attached hydrogens (tertiary/aromatic N) is 3. The minimum Gasteiger partial charge on any atom is -0.337 e. The van der Waals surface area contributed by atoms with Crippen LogP contribution in [0.15, 0.2) is 36.5 Å². The maximum Gasteiger partial charge on any atom is 0.333 e. The average Bonchev–Trinajstić information content (AvgIpc) is 3.11. The number of hydrogen-bond donors (Lipinski definition) is 0. The summed E-state index contributed by atoms with van der Waals surface area (Å²) in [6.45, 7) is -2.08. The highest BCUT2D eigenvalue weighted by Gasteiger charge is 2.30. The van der Waals surface area contributed by atoms with E-state index >= 15 is 0 Å². The molecule has 3 rings (SSSR count). The first-order valence-corrected chi connectivity index (χ1v) is 8.26. The summed E-state index contributed by atoms with van der Waals surface area (Å²) in [5, 5.41) is 4.08. The molecule has 1 aliphatic rings. The first-order valence-electron chi connectivity index (χ1n) is 7.88. The summed E-state index contributed by atoms with van der Waals surface area (Å²) < 4.78 is 25.6. The molecule has 1 aromatic heterocycles. The number of aromatic nitrogens is 2. The third-order valence-electron chi connectivity index (χ3n) is 4.22. The normalized spacial score (nSPS) is 17.8. The summed E-state index contributed by atoms with van der Waals surface area (Å²) in [6.07, 6.45) is 2.40. The Bertz CT molecular complexity index is 794. The van der Waals surface area contributed by atoms with Crippen molar-refractivity contribution in [2.24, 2.45) is 5.92 Å². The maximum atomic E-state index is 12.6. The van der Waals surface area contributed by atoms with Gasteiger partial charge in [-0.25, -0.2) is 4.68 Å². The van der Waals surface area contributed by atoms with Crippen molar-refractivity contribution < 1.29 is 18.4 Å². The molecule has 0 radical (unpaired) electrons. The summed E-state index contributed by atoms with van der Waals surface area (Å²) in [6, 6.07) is 7.96. The molecular formula is C17H16ClF2N3O2. The number of hydrogen-bond acceptors (Lipinski definition) is 3. The molecule has 8 heteroatoms. The number of benzene rings is 1. The Hall–Kier alpha value is -2.28. The fraction of sp³-hybridized carbons (Fsp3) is 0.353. The van der Waals surface area contributed by atoms with Crippen LogP contribution in [-0.2, 0) is 0 Å². The maximum absolute atomic E-state index is 12.6. The van der Waals surface area contributed by atoms with Gasteiger partial charge in [-0.3, -0.25) is 9.59 Å². The van der Waals surface area contributed by atoms with Gasteiger partial charge in [-0.1, -0.05) is 23.7 Å². The molecule has 0 bridgehead atoms. The van der Waals surface area contributed by atoms with Crippen LogP contribution in [0.3, 0.4) is 0 Å². The number of likely N-dealkylation sites (tertiary alicyclic amines) is 1. The number of carbonyl (C=O) groups excluding carboxylic acids is 2. The van der Waals surface area contributed by atoms with Gasteiger partial charge in [0.25, 0.3) is 5.91 Å². The van der Waals surface area contributed by atoms with Gasteiger partial charge in [0.15, 0.2) is 11.5 Å². The highest BCUT2D eigenvalue weighted by atomic mass is 35.5. The Kier molecular flexibility index (Phi) is 5.13. The highest BCUT2D eigenvalue weighted by molar-refractivity contribution is 6.31. The Morgan fingerprint density at radius 3 is 2.76 bits per heavy atom. The van der Waals surface area contributed by atoms with Crippen LogP contribution < -0.4 is 0 Å². The topological polar surface area (TPSA) is 55.2 Å². The molecule has 2 aromatic rings. The molecule has 0 N–H and O–H groups in total. The number of alkyl halides is 2. The number of halogens is 3. The van der Waals surface area contributed by atoms with Crippen LogP contribution in [0, 0.1) is 5.92 Å². The summed E-state index contributed by atoms with van der Waals surface area (Å²) >= 11 is 5.93. The predicted molar refractivity (Wildman–Crippen MR) is 87.9 cm³/mol. The van der Waals surface area contributed by atoms with Crippen molar-refractivity contribution in [2.75, 3.05) is 13.1 Å². The molecule has 0 aliphatic carbocycles. The van der Waals surface area contributed by atoms with Crippen LogP contribution in [0.25, 0.3) is 0 Å². The van der Waals surface area contributed by atoms with Crippen LogP contribution in [0.2, 0.25) is 5.02 Å². The summed E-state index contributed by atoms with van der Waals surface area (Å²) in [5.41, 5.74) is 0.463. The standard InChI is InChI=1S/C17H16ClF2N3O2/c18-13-5-1-3-11(9-13)15(24)12-4-2-7-22(10-12)16(25)14-6-8-23(21-14)17(19)20/h1,3,5-6,8-9,12,17H,2,4,7,10H2/t12-/m0/s1. The van der Waals surface area contributed by atoms with Crippen molar-refractivity contribution in [3.63, 3.8) is 0 Å². The van der Waals surface area contributed by atoms with Gasteiger partial charge in [0, 0.05) is 35.8 Å². The summed E-state index contributed by atoms with van der Waals surface area (Å²) in [4.78, 5) is 26.6. The van der Waals surface area contributed by atoms with E-state index in [1.807, 2.05) is 0 Å². The third-order valence-corrected chi connectivity index (χ3v) is 4.45. The van der Waals surface area contributed by atoms with E-state index in [1.165, 1.54) is 11.0 Å². The second kappa shape index (κ2) is 7.31. The lowest BCUT2D eigenvalue weighted by Crippen LogP contribution is -2.42. The van der Waals surface area contributed by atoms with E-state index in [4.69, 9.17) is 11.6 Å². The molecule has 2 heterocycles. The lowest BCUT2D eigenvalue weighted by molar-refractivity contribution is 0.0540. The number of Topliss-reactive ketones (excluding diaryl/α,β-unsaturated/α-hetero) is 1. The van der Waals surface area contributed by atoms with Crippen molar-refractivity contribution in [1.29, 1.82) is 0 Å². The van der Waals surface area contributed by atoms with Gasteiger partial charge in [-0.2, -0.15) is 13.9 Å². The zero-order valence-electron chi connectivity index (χ0n) is 13.2. The second-order valence-electron chi connectivity index (χ2n) is 5.92. The van der Waals surface area contributed by atoms with Gasteiger partial charge in [0.1, 0.15) is 0 Å². The molecule has 1 aliphatic heterocycles. The molecule has 1 fully saturated rings. The van der Waals surface area contributed by atoms with Crippen LogP contribution in [0.1, 0.15) is 40.2 Å². The minimum atomic E-state index is -2.79. The van der Waals surface area contributed by atoms with Gasteiger partial charge in [-0.05, 0) is 31.0 Å². The molecule has 132 valence electrons. The van der Waals surface area contributed by atoms with E-state index in [0.29, 0.717) is 34.7 Å². The molecule has 25 heavy (non-hydrogen) atoms. The fourth-order valence-electron chi connectivity index (χ4n) is 2.98. The molecule has 0 spiro atoms. The van der Waals surface area contributed by atoms with E-state index < -0.39 is 12.5 Å². The van der Waals surface area contributed by atoms with Gasteiger partial charge in [0.05, 0.1) is 0 Å². The first-order chi connectivity index (χ1) is 12.0. The van der Waals surface area contributed by atoms with Gasteiger partial charge in [-0.15, -0.1) is 0 Å². The Balaban J connectivity index is 1.72. The van der Waals surface area contributed by atoms with E-state index in [2.05, 4.69) is 5.10 Å². The monoisotopic (exact) mass is 367 g/mol. The molecule has 0 saturated carbocycles. The molecule has 1 aromatic carbocycles. The fourth-order valence-corrected chi connectivity index (χ4v) is 3.17. The lowest BCUT2D eigenvalue weighted by atomic mass is 9.90. The summed E-state index contributed by atoms with van der Waals surface area (Å²) in [5.74, 6) is -0.852. The number of amides is 1. The van der Waals surface area contributed by atoms with Crippen molar-refractivity contribution in [2.45, 2.75) is 19.4 Å². The lowest BCUT2D eigenvalue weighted by Gasteiger charge is -2.31. The number of carbonyl (C=O) groups is 2. The van der Waals surface area contributed by atoms with Gasteiger partial charge in [0.2, 0.25) is 0 Å². The molecule has 1 atom stereocenters. The van der Waals surface area contributed by atoms with E-state index in [0.717, 1.165) is 6.20 Å². The van der Waals surface area contributed by atoms with Gasteiger partial charge < -0.3 is 4.90 Å². The molecule has 1 amide bonds. The molecule has 0 unspecified atom stereocenters. The highest BCUT2D eigenvalue weighted by Crippen LogP contribution is 2.23. The van der Waals surface area contributed by atoms with Crippen LogP contribution in [0.5, 0.6) is 0 Å². The van der Waals surface area contributed by atoms with Crippen LogP contribution in [0.4, 0.5) is 8.78 Å². The Morgan fingerprint density at radius 1 is 1.28 bits per heavy atom. The minimum absolute atomic E-state index is 0.0452. The quantitative estimate of drug-likeness (QED) is 0.775. The predicted octanol–water partition coefficient (Wildman–Crippen LogP) is 3.67. The van der Waals surface area contributed by atoms with Crippen molar-refractivity contribution in [3.05, 3.63) is 52.8 Å². The number of ketones is 1. The van der Waals surface area contributed by atoms with E-state index in [9.17, 15) is 18.4 Å². The molecule has 1 saturated heterocycles. The van der Waals surface area contributed by atoms with E-state index in [-0.39, 0.29) is 23.9 Å². The molecular weight excluding hydrogens is 352 g/mol. The third kappa shape index (κ3) is 3.87. The SMILES string of the molecule is O=C(c1cccc(Cl)c1)[C@H]1CCCN(C(=O)c2ccn(C(F)F)n2)C1. The number of piperidine rings is 1. The number of rotatable bonds is 4. The van der Waals surface area contributed by atoms with Crippen molar-refractivity contribution in [1.82, 2.24) is 14.7 Å². The zero-order chi connectivity index (χ0) is 18.0. The molecule has 5 nitrogen and oxygen atoms in total. The largest absolute Gasteiger partial charge is 0.337 e. The van der Waals surface area contributed by atoms with Gasteiger partial charge >= 0.3 is 6.55 Å². The smallest absolute Gasteiger partial charge is 0.333 e. The zero-order valence-corrected chi connectivity index (χ0v) is 14.0. The van der Waals surface area contributed by atoms with Crippen LogP contribution >= 0.6 is 11.6 Å². The van der Waals surface area contributed by atoms with Crippen molar-refractivity contribution in [3.8, 4) is 0 Å².